The minimum Gasteiger partial charge on any atom is -0.379 e. The van der Waals surface area contributed by atoms with Crippen molar-refractivity contribution >= 4 is 21.6 Å². The molecule has 116 valence electrons. The van der Waals surface area contributed by atoms with Crippen molar-refractivity contribution in [3.8, 4) is 0 Å². The second kappa shape index (κ2) is 6.04. The summed E-state index contributed by atoms with van der Waals surface area (Å²) in [5, 5.41) is -2.64. The third-order valence-electron chi connectivity index (χ3n) is 2.93. The zero-order valence-electron chi connectivity index (χ0n) is 11.0. The van der Waals surface area contributed by atoms with Gasteiger partial charge in [-0.2, -0.15) is 13.1 Å². The van der Waals surface area contributed by atoms with Crippen LogP contribution in [0.15, 0.2) is 30.3 Å². The number of halogens is 2. The number of carbonyl (C=O) groups is 1. The molecule has 0 bridgehead atoms. The van der Waals surface area contributed by atoms with Gasteiger partial charge in [0.05, 0.1) is 13.2 Å². The second-order valence-corrected chi connectivity index (χ2v) is 6.33. The molecule has 1 aliphatic heterocycles. The average Bonchev–Trinajstić information content (AvgIpc) is 2.49. The van der Waals surface area contributed by atoms with E-state index in [1.807, 2.05) is 5.32 Å². The number of alkyl halides is 2. The molecule has 1 fully saturated rings. The lowest BCUT2D eigenvalue weighted by molar-refractivity contribution is -0.130. The van der Waals surface area contributed by atoms with Gasteiger partial charge in [-0.3, -0.25) is 4.79 Å². The van der Waals surface area contributed by atoms with Gasteiger partial charge in [0.2, 0.25) is 0 Å². The van der Waals surface area contributed by atoms with Gasteiger partial charge >= 0.3 is 11.2 Å². The van der Waals surface area contributed by atoms with Gasteiger partial charge in [0.25, 0.3) is 10.0 Å². The van der Waals surface area contributed by atoms with Crippen molar-refractivity contribution in [2.75, 3.05) is 31.6 Å². The first-order chi connectivity index (χ1) is 9.85. The predicted molar refractivity (Wildman–Crippen MR) is 71.3 cm³/mol. The zero-order chi connectivity index (χ0) is 15.5. The molecule has 0 aliphatic carbocycles. The summed E-state index contributed by atoms with van der Waals surface area (Å²) in [7, 11) is -5.07. The van der Waals surface area contributed by atoms with Crippen molar-refractivity contribution < 1.29 is 26.7 Å². The van der Waals surface area contributed by atoms with Crippen LogP contribution < -0.4 is 5.32 Å². The molecule has 9 heteroatoms. The van der Waals surface area contributed by atoms with Crippen molar-refractivity contribution in [3.63, 3.8) is 0 Å². The molecule has 0 aromatic heterocycles. The lowest BCUT2D eigenvalue weighted by atomic mass is 10.3. The van der Waals surface area contributed by atoms with Gasteiger partial charge in [-0.05, 0) is 12.1 Å². The van der Waals surface area contributed by atoms with E-state index in [-0.39, 0.29) is 32.0 Å². The van der Waals surface area contributed by atoms with Crippen LogP contribution in [0, 0.1) is 0 Å². The van der Waals surface area contributed by atoms with Crippen LogP contribution in [0.2, 0.25) is 0 Å². The van der Waals surface area contributed by atoms with Crippen molar-refractivity contribution in [1.82, 2.24) is 4.31 Å². The molecule has 1 aromatic carbocycles. The number of ether oxygens (including phenoxy) is 1. The number of hydrogen-bond acceptors (Lipinski definition) is 4. The summed E-state index contributed by atoms with van der Waals surface area (Å²) in [6.07, 6.45) is 0. The number of para-hydroxylation sites is 1. The minimum atomic E-state index is -5.07. The standard InChI is InChI=1S/C12H14F2N2O4S/c13-12(14,11(17)15-10-4-2-1-3-5-10)21(18,19)16-6-8-20-9-7-16/h1-5H,6-9H2,(H,15,17). The van der Waals surface area contributed by atoms with E-state index < -0.39 is 21.2 Å². The lowest BCUT2D eigenvalue weighted by Gasteiger charge is -2.29. The first-order valence-corrected chi connectivity index (χ1v) is 7.61. The Hall–Kier alpha value is -1.58. The topological polar surface area (TPSA) is 75.7 Å². The summed E-state index contributed by atoms with van der Waals surface area (Å²) in [5.74, 6) is -1.87. The molecule has 0 atom stereocenters. The number of sulfonamides is 1. The molecular weight excluding hydrogens is 306 g/mol. The maximum atomic E-state index is 14.0. The number of anilines is 1. The maximum Gasteiger partial charge on any atom is 0.435 e. The van der Waals surface area contributed by atoms with Crippen molar-refractivity contribution in [2.24, 2.45) is 0 Å². The van der Waals surface area contributed by atoms with Crippen LogP contribution >= 0.6 is 0 Å². The van der Waals surface area contributed by atoms with E-state index in [2.05, 4.69) is 0 Å². The third kappa shape index (κ3) is 3.20. The van der Waals surface area contributed by atoms with Crippen molar-refractivity contribution in [3.05, 3.63) is 30.3 Å². The molecule has 1 heterocycles. The average molecular weight is 320 g/mol. The molecule has 0 unspecified atom stereocenters. The Kier molecular flexibility index (Phi) is 4.55. The lowest BCUT2D eigenvalue weighted by Crippen LogP contribution is -2.52. The minimum absolute atomic E-state index is 0.0234. The zero-order valence-corrected chi connectivity index (χ0v) is 11.8. The summed E-state index contributed by atoms with van der Waals surface area (Å²) in [6.45, 7) is -0.349. The van der Waals surface area contributed by atoms with Crippen LogP contribution in [0.4, 0.5) is 14.5 Å². The van der Waals surface area contributed by atoms with E-state index in [0.717, 1.165) is 0 Å². The summed E-state index contributed by atoms with van der Waals surface area (Å²) in [4.78, 5) is 11.6. The van der Waals surface area contributed by atoms with Gasteiger partial charge in [0, 0.05) is 18.8 Å². The normalized spacial score (nSPS) is 17.4. The number of rotatable bonds is 4. The highest BCUT2D eigenvalue weighted by molar-refractivity contribution is 7.91. The Morgan fingerprint density at radius 3 is 2.33 bits per heavy atom. The van der Waals surface area contributed by atoms with Gasteiger partial charge in [-0.25, -0.2) is 8.42 Å². The Morgan fingerprint density at radius 1 is 1.19 bits per heavy atom. The molecule has 1 aromatic rings. The SMILES string of the molecule is O=C(Nc1ccccc1)C(F)(F)S(=O)(=O)N1CCOCC1. The van der Waals surface area contributed by atoms with Crippen molar-refractivity contribution in [2.45, 2.75) is 5.25 Å². The molecule has 0 spiro atoms. The number of carbonyl (C=O) groups excluding carboxylic acids is 1. The van der Waals surface area contributed by atoms with E-state index in [0.29, 0.717) is 4.31 Å². The quantitative estimate of drug-likeness (QED) is 0.893. The Bertz CT molecular complexity index is 601. The number of nitrogens with one attached hydrogen (secondary N) is 1. The first kappa shape index (κ1) is 15.8. The first-order valence-electron chi connectivity index (χ1n) is 6.17. The van der Waals surface area contributed by atoms with Crippen LogP contribution in [0.25, 0.3) is 0 Å². The van der Waals surface area contributed by atoms with E-state index in [4.69, 9.17) is 4.74 Å². The fourth-order valence-electron chi connectivity index (χ4n) is 1.79. The van der Waals surface area contributed by atoms with E-state index in [1.165, 1.54) is 24.3 Å². The molecule has 0 saturated carbocycles. The van der Waals surface area contributed by atoms with E-state index in [1.54, 1.807) is 6.07 Å². The molecule has 1 aliphatic rings. The fraction of sp³-hybridized carbons (Fsp3) is 0.417. The Balaban J connectivity index is 2.17. The van der Waals surface area contributed by atoms with Crippen LogP contribution in [-0.2, 0) is 19.6 Å². The number of nitrogens with zero attached hydrogens (tertiary/aromatic N) is 1. The fourth-order valence-corrected chi connectivity index (χ4v) is 3.03. The highest BCUT2D eigenvalue weighted by Crippen LogP contribution is 2.28. The molecule has 2 rings (SSSR count). The largest absolute Gasteiger partial charge is 0.435 e. The number of morpholine rings is 1. The van der Waals surface area contributed by atoms with Crippen LogP contribution in [0.1, 0.15) is 0 Å². The van der Waals surface area contributed by atoms with Crippen LogP contribution in [0.3, 0.4) is 0 Å². The monoisotopic (exact) mass is 320 g/mol. The highest BCUT2D eigenvalue weighted by atomic mass is 32.2. The third-order valence-corrected chi connectivity index (χ3v) is 4.81. The number of amides is 1. The van der Waals surface area contributed by atoms with Crippen LogP contribution in [0.5, 0.6) is 0 Å². The van der Waals surface area contributed by atoms with E-state index in [9.17, 15) is 22.0 Å². The van der Waals surface area contributed by atoms with Gasteiger partial charge in [0.15, 0.2) is 0 Å². The van der Waals surface area contributed by atoms with Crippen LogP contribution in [-0.4, -0.2) is 50.2 Å². The van der Waals surface area contributed by atoms with Gasteiger partial charge in [0.1, 0.15) is 0 Å². The van der Waals surface area contributed by atoms with Gasteiger partial charge in [-0.15, -0.1) is 0 Å². The predicted octanol–water partition coefficient (Wildman–Crippen LogP) is 0.880. The molecule has 1 N–H and O–H groups in total. The summed E-state index contributed by atoms with van der Waals surface area (Å²) >= 11 is 0. The van der Waals surface area contributed by atoms with Gasteiger partial charge < -0.3 is 10.1 Å². The smallest absolute Gasteiger partial charge is 0.379 e. The molecule has 1 amide bonds. The Morgan fingerprint density at radius 2 is 1.76 bits per heavy atom. The molecule has 6 nitrogen and oxygen atoms in total. The molecule has 21 heavy (non-hydrogen) atoms. The Labute approximate surface area is 120 Å². The highest BCUT2D eigenvalue weighted by Gasteiger charge is 2.55. The number of hydrogen-bond donors (Lipinski definition) is 1. The van der Waals surface area contributed by atoms with Gasteiger partial charge in [-0.1, -0.05) is 18.2 Å². The second-order valence-electron chi connectivity index (χ2n) is 4.35. The number of benzene rings is 1. The molecular formula is C12H14F2N2O4S. The van der Waals surface area contributed by atoms with E-state index >= 15 is 0 Å². The maximum absolute atomic E-state index is 14.0. The summed E-state index contributed by atoms with van der Waals surface area (Å²) in [6, 6.07) is 7.47. The van der Waals surface area contributed by atoms with Crippen molar-refractivity contribution in [1.29, 1.82) is 0 Å². The molecule has 1 saturated heterocycles. The summed E-state index contributed by atoms with van der Waals surface area (Å²) < 4.78 is 57.2. The molecule has 0 radical (unpaired) electrons. The summed E-state index contributed by atoms with van der Waals surface area (Å²) in [5.41, 5.74) is 0.0966.